The minimum atomic E-state index is -0.767. The molecule has 1 aliphatic rings. The Kier molecular flexibility index (Phi) is 9.25. The van der Waals surface area contributed by atoms with Crippen LogP contribution in [0.1, 0.15) is 36.1 Å². The van der Waals surface area contributed by atoms with Gasteiger partial charge in [-0.1, -0.05) is 36.4 Å². The molecule has 1 aliphatic heterocycles. The summed E-state index contributed by atoms with van der Waals surface area (Å²) in [4.78, 5) is 27.2. The summed E-state index contributed by atoms with van der Waals surface area (Å²) in [6.07, 6.45) is -0.657. The van der Waals surface area contributed by atoms with Crippen LogP contribution in [0.5, 0.6) is 11.5 Å². The Hall–Kier alpha value is -4.71. The first-order chi connectivity index (χ1) is 19.0. The van der Waals surface area contributed by atoms with E-state index >= 15 is 0 Å². The number of anilines is 1. The predicted octanol–water partition coefficient (Wildman–Crippen LogP) is 5.07. The highest BCUT2D eigenvalue weighted by atomic mass is 16.7. The van der Waals surface area contributed by atoms with Gasteiger partial charge in [0.1, 0.15) is 18.8 Å². The molecule has 0 saturated carbocycles. The molecule has 2 unspecified atom stereocenters. The lowest BCUT2D eigenvalue weighted by atomic mass is 10.0. The fourth-order valence-electron chi connectivity index (χ4n) is 4.31. The molecular weight excluding hydrogens is 498 g/mol. The summed E-state index contributed by atoms with van der Waals surface area (Å²) >= 11 is 0. The van der Waals surface area contributed by atoms with Crippen LogP contribution in [-0.2, 0) is 20.9 Å². The highest BCUT2D eigenvalue weighted by molar-refractivity contribution is 5.86. The van der Waals surface area contributed by atoms with E-state index in [0.717, 1.165) is 5.56 Å². The monoisotopic (exact) mass is 529 g/mol. The number of carbonyl (C=O) groups excluding carboxylic acids is 2. The molecule has 1 amide bonds. The van der Waals surface area contributed by atoms with Crippen LogP contribution in [0.3, 0.4) is 0 Å². The molecule has 0 spiro atoms. The van der Waals surface area contributed by atoms with Crippen molar-refractivity contribution in [2.45, 2.75) is 32.1 Å². The molecule has 1 N–H and O–H groups in total. The van der Waals surface area contributed by atoms with Crippen LogP contribution >= 0.6 is 0 Å². The lowest BCUT2D eigenvalue weighted by molar-refractivity contribution is -0.131. The van der Waals surface area contributed by atoms with Gasteiger partial charge in [0.15, 0.2) is 11.5 Å². The van der Waals surface area contributed by atoms with Gasteiger partial charge in [0, 0.05) is 18.7 Å². The van der Waals surface area contributed by atoms with E-state index in [1.54, 1.807) is 55.3 Å². The van der Waals surface area contributed by atoms with Crippen molar-refractivity contribution in [1.29, 1.82) is 5.26 Å². The molecular formula is C30H31N3O6. The second-order valence-corrected chi connectivity index (χ2v) is 8.95. The van der Waals surface area contributed by atoms with E-state index < -0.39 is 18.3 Å². The van der Waals surface area contributed by atoms with Crippen LogP contribution in [0.15, 0.2) is 72.8 Å². The second-order valence-electron chi connectivity index (χ2n) is 8.95. The third-order valence-corrected chi connectivity index (χ3v) is 6.31. The largest absolute Gasteiger partial charge is 0.508 e. The standard InChI is InChI=1S/C30H31N3O6/c1-3-37-30(35)39-25-15-16-33(19-25)29(34)28(32-24-12-9-21(18-31)10-13-24)23-11-14-26(27(17-23)36-2)38-20-22-7-5-4-6-8-22/h4-14,17,25,28,32H,3,15-16,19-20H2,1-2H3. The SMILES string of the molecule is CCOC(=O)OC1CCN(C(=O)C(Nc2ccc(C#N)cc2)c2ccc(OCc3ccccc3)c(OC)c2)C1. The molecule has 4 rings (SSSR count). The Labute approximate surface area is 227 Å². The first-order valence-corrected chi connectivity index (χ1v) is 12.7. The van der Waals surface area contributed by atoms with Gasteiger partial charge in [-0.2, -0.15) is 5.26 Å². The quantitative estimate of drug-likeness (QED) is 0.363. The Morgan fingerprint density at radius 3 is 2.54 bits per heavy atom. The van der Waals surface area contributed by atoms with Crippen molar-refractivity contribution in [3.8, 4) is 17.6 Å². The van der Waals surface area contributed by atoms with Gasteiger partial charge in [0.05, 0.1) is 31.9 Å². The lowest BCUT2D eigenvalue weighted by Gasteiger charge is -2.26. The third kappa shape index (κ3) is 7.20. The molecule has 0 bridgehead atoms. The molecule has 0 radical (unpaired) electrons. The maximum atomic E-state index is 13.8. The van der Waals surface area contributed by atoms with Crippen molar-refractivity contribution in [3.63, 3.8) is 0 Å². The van der Waals surface area contributed by atoms with Crippen molar-refractivity contribution in [2.75, 3.05) is 32.1 Å². The first-order valence-electron chi connectivity index (χ1n) is 12.7. The van der Waals surface area contributed by atoms with E-state index in [4.69, 9.17) is 24.2 Å². The van der Waals surface area contributed by atoms with Crippen molar-refractivity contribution in [1.82, 2.24) is 4.90 Å². The summed E-state index contributed by atoms with van der Waals surface area (Å²) < 4.78 is 21.8. The smallest absolute Gasteiger partial charge is 0.493 e. The van der Waals surface area contributed by atoms with E-state index in [2.05, 4.69) is 11.4 Å². The number of ether oxygens (including phenoxy) is 4. The fraction of sp³-hybridized carbons (Fsp3) is 0.300. The van der Waals surface area contributed by atoms with Gasteiger partial charge in [-0.05, 0) is 54.4 Å². The summed E-state index contributed by atoms with van der Waals surface area (Å²) in [6.45, 7) is 3.00. The third-order valence-electron chi connectivity index (χ3n) is 6.31. The maximum absolute atomic E-state index is 13.8. The average molecular weight is 530 g/mol. The Morgan fingerprint density at radius 2 is 1.85 bits per heavy atom. The molecule has 2 atom stereocenters. The number of benzene rings is 3. The van der Waals surface area contributed by atoms with Gasteiger partial charge in [-0.3, -0.25) is 4.79 Å². The van der Waals surface area contributed by atoms with Crippen LogP contribution in [0.4, 0.5) is 10.5 Å². The van der Waals surface area contributed by atoms with E-state index in [9.17, 15) is 9.59 Å². The Balaban J connectivity index is 1.55. The molecule has 0 aromatic heterocycles. The Morgan fingerprint density at radius 1 is 1.08 bits per heavy atom. The zero-order valence-electron chi connectivity index (χ0n) is 22.0. The maximum Gasteiger partial charge on any atom is 0.508 e. The van der Waals surface area contributed by atoms with Gasteiger partial charge in [-0.15, -0.1) is 0 Å². The zero-order chi connectivity index (χ0) is 27.6. The van der Waals surface area contributed by atoms with E-state index in [-0.39, 0.29) is 19.1 Å². The van der Waals surface area contributed by atoms with Crippen LogP contribution in [0.2, 0.25) is 0 Å². The highest BCUT2D eigenvalue weighted by Crippen LogP contribution is 2.33. The number of hydrogen-bond donors (Lipinski definition) is 1. The number of nitriles is 1. The molecule has 3 aromatic rings. The molecule has 1 fully saturated rings. The van der Waals surface area contributed by atoms with Gasteiger partial charge in [-0.25, -0.2) is 4.79 Å². The number of likely N-dealkylation sites (tertiary alicyclic amines) is 1. The number of amides is 1. The number of carbonyl (C=O) groups is 2. The molecule has 9 heteroatoms. The van der Waals surface area contributed by atoms with E-state index in [0.29, 0.717) is 47.9 Å². The first kappa shape index (κ1) is 27.3. The molecule has 202 valence electrons. The summed E-state index contributed by atoms with van der Waals surface area (Å²) in [6, 6.07) is 23.4. The fourth-order valence-corrected chi connectivity index (χ4v) is 4.31. The summed E-state index contributed by atoms with van der Waals surface area (Å²) in [5, 5.41) is 12.4. The van der Waals surface area contributed by atoms with Gasteiger partial charge in [0.2, 0.25) is 5.91 Å². The van der Waals surface area contributed by atoms with Crippen LogP contribution in [-0.4, -0.2) is 49.9 Å². The normalized spacial score (nSPS) is 15.1. The Bertz CT molecular complexity index is 1310. The van der Waals surface area contributed by atoms with Crippen LogP contribution in [0, 0.1) is 11.3 Å². The van der Waals surface area contributed by atoms with Crippen molar-refractivity contribution in [2.24, 2.45) is 0 Å². The minimum absolute atomic E-state index is 0.186. The molecule has 39 heavy (non-hydrogen) atoms. The van der Waals surface area contributed by atoms with Crippen LogP contribution < -0.4 is 14.8 Å². The summed E-state index contributed by atoms with van der Waals surface area (Å²) in [5.41, 5.74) is 2.88. The lowest BCUT2D eigenvalue weighted by Crippen LogP contribution is -2.37. The zero-order valence-corrected chi connectivity index (χ0v) is 22.0. The molecule has 9 nitrogen and oxygen atoms in total. The van der Waals surface area contributed by atoms with Crippen LogP contribution in [0.25, 0.3) is 0 Å². The average Bonchev–Trinajstić information content (AvgIpc) is 3.43. The van der Waals surface area contributed by atoms with Crippen molar-refractivity contribution >= 4 is 17.7 Å². The molecule has 0 aliphatic carbocycles. The predicted molar refractivity (Wildman–Crippen MR) is 144 cm³/mol. The van der Waals surface area contributed by atoms with E-state index in [1.807, 2.05) is 36.4 Å². The topological polar surface area (TPSA) is 110 Å². The van der Waals surface area contributed by atoms with E-state index in [1.165, 1.54) is 0 Å². The molecule has 1 saturated heterocycles. The minimum Gasteiger partial charge on any atom is -0.493 e. The summed E-state index contributed by atoms with van der Waals surface area (Å²) in [7, 11) is 1.55. The van der Waals surface area contributed by atoms with Gasteiger partial charge < -0.3 is 29.2 Å². The van der Waals surface area contributed by atoms with Crippen molar-refractivity contribution in [3.05, 3.63) is 89.5 Å². The number of hydrogen-bond acceptors (Lipinski definition) is 8. The number of methoxy groups -OCH3 is 1. The summed E-state index contributed by atoms with van der Waals surface area (Å²) in [5.74, 6) is 0.862. The second kappa shape index (κ2) is 13.2. The van der Waals surface area contributed by atoms with Crippen molar-refractivity contribution < 1.29 is 28.5 Å². The molecule has 1 heterocycles. The molecule has 3 aromatic carbocycles. The number of nitrogens with one attached hydrogen (secondary N) is 1. The van der Waals surface area contributed by atoms with Gasteiger partial charge >= 0.3 is 6.16 Å². The number of rotatable bonds is 10. The number of nitrogens with zero attached hydrogens (tertiary/aromatic N) is 2. The van der Waals surface area contributed by atoms with Gasteiger partial charge in [0.25, 0.3) is 0 Å². The highest BCUT2D eigenvalue weighted by Gasteiger charge is 2.34.